The summed E-state index contributed by atoms with van der Waals surface area (Å²) in [5.41, 5.74) is -0.600. The van der Waals surface area contributed by atoms with Gasteiger partial charge in [-0.05, 0) is 13.0 Å². The van der Waals surface area contributed by atoms with Crippen molar-refractivity contribution in [1.82, 2.24) is 0 Å². The number of ether oxygens (including phenoxy) is 3. The summed E-state index contributed by atoms with van der Waals surface area (Å²) in [5, 5.41) is 20.4. The first-order chi connectivity index (χ1) is 11.8. The molecule has 0 spiro atoms. The van der Waals surface area contributed by atoms with E-state index in [2.05, 4.69) is 0 Å². The molecule has 2 aliphatic rings. The van der Waals surface area contributed by atoms with Crippen LogP contribution in [0.2, 0.25) is 0 Å². The highest BCUT2D eigenvalue weighted by atomic mass is 16.6. The number of aromatic hydroxyl groups is 1. The fourth-order valence-electron chi connectivity index (χ4n) is 2.97. The summed E-state index contributed by atoms with van der Waals surface area (Å²) in [4.78, 5) is 37.0. The lowest BCUT2D eigenvalue weighted by Crippen LogP contribution is -2.49. The van der Waals surface area contributed by atoms with Gasteiger partial charge in [0.1, 0.15) is 23.7 Å². The number of carbonyl (C=O) groups excluding carboxylic acids is 3. The molecule has 1 aliphatic carbocycles. The maximum Gasteiger partial charge on any atom is 0.303 e. The third-order valence-electron chi connectivity index (χ3n) is 4.17. The third kappa shape index (κ3) is 2.54. The Balaban J connectivity index is 2.21. The Labute approximate surface area is 142 Å². The zero-order chi connectivity index (χ0) is 18.5. The molecule has 0 bridgehead atoms. The molecule has 0 radical (unpaired) electrons. The number of phenolic OH excluding ortho intramolecular Hbond substituents is 1. The van der Waals surface area contributed by atoms with E-state index in [0.29, 0.717) is 0 Å². The minimum absolute atomic E-state index is 0.0780. The van der Waals surface area contributed by atoms with Crippen molar-refractivity contribution in [3.05, 3.63) is 34.6 Å². The first kappa shape index (κ1) is 17.0. The molecule has 0 saturated heterocycles. The maximum absolute atomic E-state index is 12.9. The van der Waals surface area contributed by atoms with E-state index in [1.807, 2.05) is 0 Å². The second-order valence-corrected chi connectivity index (χ2v) is 5.81. The van der Waals surface area contributed by atoms with Crippen LogP contribution in [0.4, 0.5) is 0 Å². The minimum Gasteiger partial charge on any atom is -0.507 e. The van der Waals surface area contributed by atoms with E-state index in [1.165, 1.54) is 26.2 Å². The van der Waals surface area contributed by atoms with Crippen molar-refractivity contribution in [3.8, 4) is 11.5 Å². The predicted molar refractivity (Wildman–Crippen MR) is 82.5 cm³/mol. The van der Waals surface area contributed by atoms with Crippen molar-refractivity contribution in [1.29, 1.82) is 0 Å². The number of rotatable bonds is 2. The normalized spacial score (nSPS) is 25.0. The molecule has 1 aromatic carbocycles. The average Bonchev–Trinajstić information content (AvgIpc) is 2.55. The van der Waals surface area contributed by atoms with Crippen molar-refractivity contribution >= 4 is 17.5 Å². The van der Waals surface area contributed by atoms with Gasteiger partial charge in [0, 0.05) is 18.6 Å². The van der Waals surface area contributed by atoms with E-state index in [0.717, 1.165) is 6.92 Å². The van der Waals surface area contributed by atoms with Crippen LogP contribution in [0.3, 0.4) is 0 Å². The monoisotopic (exact) mass is 348 g/mol. The highest BCUT2D eigenvalue weighted by molar-refractivity contribution is 6.28. The number of fused-ring (bicyclic) bond motifs is 1. The van der Waals surface area contributed by atoms with Crippen molar-refractivity contribution < 1.29 is 38.8 Å². The van der Waals surface area contributed by atoms with E-state index >= 15 is 0 Å². The second kappa shape index (κ2) is 5.89. The number of allylic oxidation sites excluding steroid dienone is 1. The minimum atomic E-state index is -1.36. The van der Waals surface area contributed by atoms with Crippen LogP contribution >= 0.6 is 0 Å². The summed E-state index contributed by atoms with van der Waals surface area (Å²) in [7, 11) is 1.35. The summed E-state index contributed by atoms with van der Waals surface area (Å²) in [5.74, 6) is -2.68. The highest BCUT2D eigenvalue weighted by Gasteiger charge is 2.48. The molecule has 132 valence electrons. The van der Waals surface area contributed by atoms with Crippen LogP contribution < -0.4 is 4.74 Å². The lowest BCUT2D eigenvalue weighted by Gasteiger charge is -2.37. The molecule has 8 heteroatoms. The van der Waals surface area contributed by atoms with E-state index in [1.54, 1.807) is 0 Å². The smallest absolute Gasteiger partial charge is 0.303 e. The van der Waals surface area contributed by atoms with E-state index in [9.17, 15) is 24.6 Å². The molecule has 1 heterocycles. The molecule has 1 aromatic rings. The van der Waals surface area contributed by atoms with Gasteiger partial charge in [-0.25, -0.2) is 0 Å². The van der Waals surface area contributed by atoms with Gasteiger partial charge < -0.3 is 24.4 Å². The van der Waals surface area contributed by atoms with Gasteiger partial charge >= 0.3 is 5.97 Å². The van der Waals surface area contributed by atoms with Gasteiger partial charge in [-0.15, -0.1) is 0 Å². The van der Waals surface area contributed by atoms with Gasteiger partial charge in [0.25, 0.3) is 0 Å². The fraction of sp³-hybridized carbons (Fsp3) is 0.353. The van der Waals surface area contributed by atoms with Crippen LogP contribution in [0.15, 0.2) is 23.5 Å². The van der Waals surface area contributed by atoms with Crippen molar-refractivity contribution in [2.45, 2.75) is 32.2 Å². The number of aliphatic hydroxyl groups excluding tert-OH is 1. The number of hydrogen-bond acceptors (Lipinski definition) is 8. The number of benzene rings is 1. The Morgan fingerprint density at radius 3 is 2.52 bits per heavy atom. The molecule has 0 unspecified atom stereocenters. The summed E-state index contributed by atoms with van der Waals surface area (Å²) < 4.78 is 15.5. The van der Waals surface area contributed by atoms with Gasteiger partial charge in [-0.1, -0.05) is 0 Å². The Morgan fingerprint density at radius 2 is 1.92 bits per heavy atom. The third-order valence-corrected chi connectivity index (χ3v) is 4.17. The molecule has 0 saturated carbocycles. The summed E-state index contributed by atoms with van der Waals surface area (Å²) in [6, 6.07) is 2.51. The Kier molecular flexibility index (Phi) is 4.00. The van der Waals surface area contributed by atoms with Gasteiger partial charge in [0.05, 0.1) is 18.2 Å². The lowest BCUT2D eigenvalue weighted by atomic mass is 9.81. The standard InChI is InChI=1S/C17H16O8/c1-6-13(20)16(25-7(2)18)12-15(22)11-9(14(21)17(12)24-6)4-8(23-3)5-10(11)19/h4-6,13,16,19-20H,1-3H3/t6-,13+,16-/m1/s1. The molecule has 0 aromatic heterocycles. The van der Waals surface area contributed by atoms with Crippen LogP contribution in [0.25, 0.3) is 0 Å². The molecule has 3 atom stereocenters. The van der Waals surface area contributed by atoms with Gasteiger partial charge in [0.15, 0.2) is 11.9 Å². The van der Waals surface area contributed by atoms with Crippen LogP contribution in [0, 0.1) is 0 Å². The number of methoxy groups -OCH3 is 1. The number of Topliss-reactive ketones (excluding diaryl/α,β-unsaturated/α-hetero) is 2. The molecule has 0 amide bonds. The second-order valence-electron chi connectivity index (χ2n) is 5.81. The Bertz CT molecular complexity index is 822. The van der Waals surface area contributed by atoms with E-state index in [-0.39, 0.29) is 28.2 Å². The van der Waals surface area contributed by atoms with Crippen molar-refractivity contribution in [2.75, 3.05) is 7.11 Å². The van der Waals surface area contributed by atoms with Crippen LogP contribution in [-0.2, 0) is 14.3 Å². The largest absolute Gasteiger partial charge is 0.507 e. The van der Waals surface area contributed by atoms with E-state index in [4.69, 9.17) is 14.2 Å². The topological polar surface area (TPSA) is 119 Å². The van der Waals surface area contributed by atoms with Crippen molar-refractivity contribution in [2.24, 2.45) is 0 Å². The average molecular weight is 348 g/mol. The molecule has 25 heavy (non-hydrogen) atoms. The predicted octanol–water partition coefficient (Wildman–Crippen LogP) is 0.745. The van der Waals surface area contributed by atoms with Gasteiger partial charge in [-0.2, -0.15) is 0 Å². The number of carbonyl (C=O) groups is 3. The van der Waals surface area contributed by atoms with Crippen LogP contribution in [0.5, 0.6) is 11.5 Å². The summed E-state index contributed by atoms with van der Waals surface area (Å²) in [6.45, 7) is 2.61. The number of hydrogen-bond donors (Lipinski definition) is 2. The maximum atomic E-state index is 12.9. The Morgan fingerprint density at radius 1 is 1.24 bits per heavy atom. The summed E-state index contributed by atoms with van der Waals surface area (Å²) >= 11 is 0. The number of ketones is 2. The molecular weight excluding hydrogens is 332 g/mol. The Hall–Kier alpha value is -2.87. The highest BCUT2D eigenvalue weighted by Crippen LogP contribution is 2.40. The number of esters is 1. The SMILES string of the molecule is COc1cc(O)c2c(c1)C(=O)C1=C(C2=O)[C@@H](OC(C)=O)[C@@H](O)[C@@H](C)O1. The molecule has 2 N–H and O–H groups in total. The zero-order valence-corrected chi connectivity index (χ0v) is 13.7. The molecular formula is C17H16O8. The van der Waals surface area contributed by atoms with E-state index < -0.39 is 41.6 Å². The van der Waals surface area contributed by atoms with Gasteiger partial charge in [-0.3, -0.25) is 14.4 Å². The number of phenols is 1. The quantitative estimate of drug-likeness (QED) is 0.751. The molecule has 8 nitrogen and oxygen atoms in total. The zero-order valence-electron chi connectivity index (χ0n) is 13.7. The molecule has 3 rings (SSSR count). The molecule has 0 fully saturated rings. The first-order valence-corrected chi connectivity index (χ1v) is 7.52. The van der Waals surface area contributed by atoms with Crippen molar-refractivity contribution in [3.63, 3.8) is 0 Å². The lowest BCUT2D eigenvalue weighted by molar-refractivity contribution is -0.156. The van der Waals surface area contributed by atoms with Gasteiger partial charge in [0.2, 0.25) is 11.6 Å². The van der Waals surface area contributed by atoms with Crippen LogP contribution in [0.1, 0.15) is 34.6 Å². The molecule has 1 aliphatic heterocycles. The fourth-order valence-corrected chi connectivity index (χ4v) is 2.97. The first-order valence-electron chi connectivity index (χ1n) is 7.52. The summed E-state index contributed by atoms with van der Waals surface area (Å²) in [6.07, 6.45) is -3.57. The number of aliphatic hydroxyl groups is 1. The van der Waals surface area contributed by atoms with Crippen LogP contribution in [-0.4, -0.2) is 53.2 Å².